The molecule has 3 rings (SSSR count). The Hall–Kier alpha value is -2.80. The number of nitrogens with zero attached hydrogens (tertiary/aromatic N) is 4. The Labute approximate surface area is 143 Å². The molecule has 6 nitrogen and oxygen atoms in total. The molecule has 1 N–H and O–H groups in total. The predicted molar refractivity (Wildman–Crippen MR) is 94.1 cm³/mol. The molecule has 0 aliphatic rings. The van der Waals surface area contributed by atoms with E-state index in [0.29, 0.717) is 6.54 Å². The summed E-state index contributed by atoms with van der Waals surface area (Å²) in [5.74, 6) is -0.187. The van der Waals surface area contributed by atoms with E-state index in [1.54, 1.807) is 12.4 Å². The number of benzene rings is 1. The zero-order valence-corrected chi connectivity index (χ0v) is 14.0. The SMILES string of the molecule is Cc1nc(CC(=O)N/N=C\c2cnn(Cc3ccccc3)c2)cs1. The van der Waals surface area contributed by atoms with E-state index in [0.717, 1.165) is 16.3 Å². The molecule has 0 atom stereocenters. The third-order valence-corrected chi connectivity index (χ3v) is 4.07. The van der Waals surface area contributed by atoms with E-state index in [2.05, 4.69) is 32.7 Å². The highest BCUT2D eigenvalue weighted by atomic mass is 32.1. The molecule has 0 unspecified atom stereocenters. The van der Waals surface area contributed by atoms with Gasteiger partial charge in [0.1, 0.15) is 0 Å². The van der Waals surface area contributed by atoms with E-state index in [4.69, 9.17) is 0 Å². The maximum Gasteiger partial charge on any atom is 0.246 e. The van der Waals surface area contributed by atoms with E-state index in [1.807, 2.05) is 41.4 Å². The van der Waals surface area contributed by atoms with Crippen LogP contribution in [0.4, 0.5) is 0 Å². The molecule has 0 spiro atoms. The fourth-order valence-corrected chi connectivity index (χ4v) is 2.79. The molecule has 24 heavy (non-hydrogen) atoms. The van der Waals surface area contributed by atoms with Crippen molar-refractivity contribution in [1.29, 1.82) is 0 Å². The number of carbonyl (C=O) groups excluding carboxylic acids is 1. The monoisotopic (exact) mass is 339 g/mol. The quantitative estimate of drug-likeness (QED) is 0.554. The van der Waals surface area contributed by atoms with Crippen molar-refractivity contribution in [2.24, 2.45) is 5.10 Å². The Bertz CT molecular complexity index is 838. The molecule has 3 aromatic rings. The van der Waals surface area contributed by atoms with Crippen molar-refractivity contribution >= 4 is 23.5 Å². The van der Waals surface area contributed by atoms with Crippen molar-refractivity contribution in [3.63, 3.8) is 0 Å². The lowest BCUT2D eigenvalue weighted by molar-refractivity contribution is -0.120. The van der Waals surface area contributed by atoms with Crippen molar-refractivity contribution in [3.8, 4) is 0 Å². The lowest BCUT2D eigenvalue weighted by atomic mass is 10.2. The number of aromatic nitrogens is 3. The molecular formula is C17H17N5OS. The highest BCUT2D eigenvalue weighted by Gasteiger charge is 2.05. The molecule has 0 bridgehead atoms. The molecule has 2 heterocycles. The second kappa shape index (κ2) is 7.65. The third kappa shape index (κ3) is 4.60. The van der Waals surface area contributed by atoms with Crippen LogP contribution >= 0.6 is 11.3 Å². The molecule has 1 amide bonds. The summed E-state index contributed by atoms with van der Waals surface area (Å²) in [5, 5.41) is 11.1. The summed E-state index contributed by atoms with van der Waals surface area (Å²) in [5.41, 5.74) is 5.28. The average Bonchev–Trinajstić information content (AvgIpc) is 3.17. The number of nitrogens with one attached hydrogen (secondary N) is 1. The Morgan fingerprint density at radius 1 is 1.38 bits per heavy atom. The molecule has 0 fully saturated rings. The van der Waals surface area contributed by atoms with Crippen molar-refractivity contribution < 1.29 is 4.79 Å². The highest BCUT2D eigenvalue weighted by molar-refractivity contribution is 7.09. The molecule has 7 heteroatoms. The van der Waals surface area contributed by atoms with Crippen LogP contribution in [0.25, 0.3) is 0 Å². The van der Waals surface area contributed by atoms with Crippen molar-refractivity contribution in [3.05, 3.63) is 69.9 Å². The van der Waals surface area contributed by atoms with Gasteiger partial charge in [-0.05, 0) is 12.5 Å². The van der Waals surface area contributed by atoms with Crippen LogP contribution in [0.15, 0.2) is 53.2 Å². The van der Waals surface area contributed by atoms with E-state index in [-0.39, 0.29) is 12.3 Å². The molecule has 1 aromatic carbocycles. The second-order valence-electron chi connectivity index (χ2n) is 5.28. The van der Waals surface area contributed by atoms with Crippen molar-refractivity contribution in [2.75, 3.05) is 0 Å². The van der Waals surface area contributed by atoms with Gasteiger partial charge in [-0.3, -0.25) is 9.48 Å². The summed E-state index contributed by atoms with van der Waals surface area (Å²) in [6.07, 6.45) is 5.41. The first-order chi connectivity index (χ1) is 11.7. The summed E-state index contributed by atoms with van der Waals surface area (Å²) >= 11 is 1.53. The number of carbonyl (C=O) groups is 1. The van der Waals surface area contributed by atoms with Crippen LogP contribution in [0.3, 0.4) is 0 Å². The normalized spacial score (nSPS) is 11.0. The average molecular weight is 339 g/mol. The number of hydrogen-bond donors (Lipinski definition) is 1. The van der Waals surface area contributed by atoms with E-state index in [1.165, 1.54) is 16.9 Å². The maximum atomic E-state index is 11.8. The minimum atomic E-state index is -0.187. The first-order valence-electron chi connectivity index (χ1n) is 7.48. The lowest BCUT2D eigenvalue weighted by Gasteiger charge is -2.00. The zero-order chi connectivity index (χ0) is 16.8. The molecule has 0 aliphatic carbocycles. The lowest BCUT2D eigenvalue weighted by Crippen LogP contribution is -2.19. The molecule has 122 valence electrons. The fraction of sp³-hybridized carbons (Fsp3) is 0.176. The van der Waals surface area contributed by atoms with Gasteiger partial charge >= 0.3 is 0 Å². The topological polar surface area (TPSA) is 72.2 Å². The summed E-state index contributed by atoms with van der Waals surface area (Å²) in [7, 11) is 0. The van der Waals surface area contributed by atoms with Gasteiger partial charge in [-0.1, -0.05) is 30.3 Å². The molecule has 0 saturated carbocycles. The Morgan fingerprint density at radius 3 is 2.96 bits per heavy atom. The minimum Gasteiger partial charge on any atom is -0.273 e. The van der Waals surface area contributed by atoms with Gasteiger partial charge in [0, 0.05) is 17.1 Å². The summed E-state index contributed by atoms with van der Waals surface area (Å²) in [4.78, 5) is 16.0. The number of hydrogen-bond acceptors (Lipinski definition) is 5. The van der Waals surface area contributed by atoms with E-state index >= 15 is 0 Å². The molecule has 0 radical (unpaired) electrons. The van der Waals surface area contributed by atoms with Crippen LogP contribution in [-0.2, 0) is 17.8 Å². The van der Waals surface area contributed by atoms with E-state index < -0.39 is 0 Å². The summed E-state index contributed by atoms with van der Waals surface area (Å²) in [6, 6.07) is 10.1. The van der Waals surface area contributed by atoms with Crippen LogP contribution in [0.1, 0.15) is 21.8 Å². The van der Waals surface area contributed by atoms with Gasteiger partial charge in [0.2, 0.25) is 5.91 Å². The molecular weight excluding hydrogens is 322 g/mol. The summed E-state index contributed by atoms with van der Waals surface area (Å²) in [6.45, 7) is 2.61. The minimum absolute atomic E-state index is 0.187. The highest BCUT2D eigenvalue weighted by Crippen LogP contribution is 2.08. The predicted octanol–water partition coefficient (Wildman–Crippen LogP) is 2.39. The molecule has 0 aliphatic heterocycles. The fourth-order valence-electron chi connectivity index (χ4n) is 2.18. The number of amides is 1. The first-order valence-corrected chi connectivity index (χ1v) is 8.36. The van der Waals surface area contributed by atoms with Crippen LogP contribution < -0.4 is 5.43 Å². The van der Waals surface area contributed by atoms with Gasteiger partial charge < -0.3 is 0 Å². The van der Waals surface area contributed by atoms with Crippen LogP contribution in [0.5, 0.6) is 0 Å². The van der Waals surface area contributed by atoms with Gasteiger partial charge in [0.05, 0.1) is 36.1 Å². The first kappa shape index (κ1) is 16.1. The zero-order valence-electron chi connectivity index (χ0n) is 13.2. The second-order valence-corrected chi connectivity index (χ2v) is 6.35. The van der Waals surface area contributed by atoms with Gasteiger partial charge in [-0.2, -0.15) is 10.2 Å². The molecule has 0 saturated heterocycles. The van der Waals surface area contributed by atoms with Crippen molar-refractivity contribution in [1.82, 2.24) is 20.2 Å². The number of thiazole rings is 1. The van der Waals surface area contributed by atoms with Gasteiger partial charge in [0.15, 0.2) is 0 Å². The van der Waals surface area contributed by atoms with E-state index in [9.17, 15) is 4.79 Å². The molecule has 2 aromatic heterocycles. The number of aryl methyl sites for hydroxylation is 1. The van der Waals surface area contributed by atoms with Crippen molar-refractivity contribution in [2.45, 2.75) is 19.9 Å². The van der Waals surface area contributed by atoms with Gasteiger partial charge in [-0.15, -0.1) is 11.3 Å². The smallest absolute Gasteiger partial charge is 0.246 e. The van der Waals surface area contributed by atoms with Crippen LogP contribution in [0, 0.1) is 6.92 Å². The number of rotatable bonds is 6. The summed E-state index contributed by atoms with van der Waals surface area (Å²) < 4.78 is 1.83. The Kier molecular flexibility index (Phi) is 5.12. The third-order valence-electron chi connectivity index (χ3n) is 3.25. The van der Waals surface area contributed by atoms with Gasteiger partial charge in [-0.25, -0.2) is 10.4 Å². The van der Waals surface area contributed by atoms with Gasteiger partial charge in [0.25, 0.3) is 0 Å². The Morgan fingerprint density at radius 2 is 2.21 bits per heavy atom. The van der Waals surface area contributed by atoms with Crippen LogP contribution in [0.2, 0.25) is 0 Å². The van der Waals surface area contributed by atoms with Crippen LogP contribution in [-0.4, -0.2) is 26.9 Å². The Balaban J connectivity index is 1.50. The number of hydrazone groups is 1. The maximum absolute atomic E-state index is 11.8. The largest absolute Gasteiger partial charge is 0.273 e. The standard InChI is InChI=1S/C17H17N5OS/c1-13-20-16(12-24-13)7-17(23)21-18-8-15-9-19-22(11-15)10-14-5-3-2-4-6-14/h2-6,8-9,11-12H,7,10H2,1H3,(H,21,23)/b18-8-.